The van der Waals surface area contributed by atoms with E-state index in [1.54, 1.807) is 0 Å². The molecule has 1 aromatic heterocycles. The Morgan fingerprint density at radius 3 is 2.69 bits per heavy atom. The van der Waals surface area contributed by atoms with E-state index in [1.165, 1.54) is 11.3 Å². The van der Waals surface area contributed by atoms with Crippen LogP contribution < -0.4 is 5.32 Å². The number of sulfone groups is 1. The fraction of sp³-hybridized carbons (Fsp3) is 0.600. The Labute approximate surface area is 106 Å². The van der Waals surface area contributed by atoms with Gasteiger partial charge in [0, 0.05) is 23.7 Å². The fourth-order valence-corrected chi connectivity index (χ4v) is 3.64. The van der Waals surface area contributed by atoms with Crippen LogP contribution in [0.5, 0.6) is 0 Å². The number of halogens is 1. The molecule has 0 saturated heterocycles. The smallest absolute Gasteiger partial charge is 0.151 e. The standard InChI is InChI=1S/C10H16ClNO2S2/c1-2-6-16(13,14)7-5-12-8-9-3-4-10(11)15-9/h3-4,12H,2,5-8H2,1H3. The molecule has 0 aliphatic heterocycles. The molecule has 0 fully saturated rings. The Balaban J connectivity index is 2.22. The zero-order valence-electron chi connectivity index (χ0n) is 9.20. The predicted octanol–water partition coefficient (Wildman–Crippen LogP) is 2.32. The van der Waals surface area contributed by atoms with Crippen LogP contribution in [0.15, 0.2) is 12.1 Å². The molecule has 6 heteroatoms. The van der Waals surface area contributed by atoms with Crippen LogP contribution in [0.1, 0.15) is 18.2 Å². The van der Waals surface area contributed by atoms with Crippen LogP contribution in [0, 0.1) is 0 Å². The summed E-state index contributed by atoms with van der Waals surface area (Å²) in [4.78, 5) is 1.12. The van der Waals surface area contributed by atoms with Crippen molar-refractivity contribution in [2.45, 2.75) is 19.9 Å². The van der Waals surface area contributed by atoms with Crippen LogP contribution in [0.4, 0.5) is 0 Å². The third kappa shape index (κ3) is 5.30. The van der Waals surface area contributed by atoms with Crippen LogP contribution in [0.3, 0.4) is 0 Å². The van der Waals surface area contributed by atoms with Crippen molar-refractivity contribution in [3.8, 4) is 0 Å². The van der Waals surface area contributed by atoms with E-state index in [0.29, 0.717) is 19.5 Å². The number of rotatable bonds is 7. The maximum Gasteiger partial charge on any atom is 0.151 e. The lowest BCUT2D eigenvalue weighted by Gasteiger charge is -2.03. The molecule has 0 amide bonds. The van der Waals surface area contributed by atoms with E-state index in [-0.39, 0.29) is 11.5 Å². The minimum atomic E-state index is -2.87. The average Bonchev–Trinajstić information content (AvgIpc) is 2.59. The van der Waals surface area contributed by atoms with Crippen molar-refractivity contribution >= 4 is 32.8 Å². The summed E-state index contributed by atoms with van der Waals surface area (Å²) in [5.74, 6) is 0.486. The van der Waals surface area contributed by atoms with Gasteiger partial charge in [0.25, 0.3) is 0 Å². The summed E-state index contributed by atoms with van der Waals surface area (Å²) in [6.45, 7) is 3.05. The second-order valence-corrected chi connectivity index (χ2v) is 7.64. The first-order valence-corrected chi connectivity index (χ1v) is 8.20. The lowest BCUT2D eigenvalue weighted by atomic mass is 10.4. The van der Waals surface area contributed by atoms with Gasteiger partial charge in [-0.3, -0.25) is 0 Å². The lowest BCUT2D eigenvalue weighted by Crippen LogP contribution is -2.23. The van der Waals surface area contributed by atoms with Gasteiger partial charge >= 0.3 is 0 Å². The zero-order valence-corrected chi connectivity index (χ0v) is 11.6. The molecule has 0 aliphatic carbocycles. The molecule has 0 spiro atoms. The molecule has 3 nitrogen and oxygen atoms in total. The van der Waals surface area contributed by atoms with E-state index in [1.807, 2.05) is 19.1 Å². The number of nitrogens with one attached hydrogen (secondary N) is 1. The molecule has 1 heterocycles. The Bertz CT molecular complexity index is 414. The number of hydrogen-bond acceptors (Lipinski definition) is 4. The highest BCUT2D eigenvalue weighted by Crippen LogP contribution is 2.20. The first kappa shape index (κ1) is 14.0. The fourth-order valence-electron chi connectivity index (χ4n) is 1.30. The second kappa shape index (κ2) is 6.59. The Kier molecular flexibility index (Phi) is 5.75. The second-order valence-electron chi connectivity index (χ2n) is 3.53. The topological polar surface area (TPSA) is 46.2 Å². The van der Waals surface area contributed by atoms with Gasteiger partial charge < -0.3 is 5.32 Å². The largest absolute Gasteiger partial charge is 0.311 e. The van der Waals surface area contributed by atoms with Gasteiger partial charge in [-0.1, -0.05) is 18.5 Å². The van der Waals surface area contributed by atoms with Crippen LogP contribution in [-0.2, 0) is 16.4 Å². The first-order chi connectivity index (χ1) is 7.53. The molecule has 0 radical (unpaired) electrons. The summed E-state index contributed by atoms with van der Waals surface area (Å²) in [5.41, 5.74) is 0. The van der Waals surface area contributed by atoms with E-state index < -0.39 is 9.84 Å². The van der Waals surface area contributed by atoms with Gasteiger partial charge in [-0.05, 0) is 18.6 Å². The molecule has 1 rings (SSSR count). The van der Waals surface area contributed by atoms with Gasteiger partial charge in [-0.15, -0.1) is 11.3 Å². The van der Waals surface area contributed by atoms with Crippen LogP contribution in [0.2, 0.25) is 4.34 Å². The van der Waals surface area contributed by atoms with Crippen LogP contribution in [-0.4, -0.2) is 26.5 Å². The van der Waals surface area contributed by atoms with Crippen LogP contribution in [0.25, 0.3) is 0 Å². The highest BCUT2D eigenvalue weighted by molar-refractivity contribution is 7.91. The van der Waals surface area contributed by atoms with E-state index in [0.717, 1.165) is 9.21 Å². The van der Waals surface area contributed by atoms with Crippen LogP contribution >= 0.6 is 22.9 Å². The SMILES string of the molecule is CCCS(=O)(=O)CCNCc1ccc(Cl)s1. The minimum absolute atomic E-state index is 0.208. The van der Waals surface area contributed by atoms with E-state index >= 15 is 0 Å². The maximum atomic E-state index is 11.4. The average molecular weight is 282 g/mol. The quantitative estimate of drug-likeness (QED) is 0.780. The normalized spacial score (nSPS) is 11.9. The molecule has 0 aromatic carbocycles. The summed E-state index contributed by atoms with van der Waals surface area (Å²) in [6.07, 6.45) is 0.683. The molecular formula is C10H16ClNO2S2. The first-order valence-electron chi connectivity index (χ1n) is 5.19. The molecule has 0 unspecified atom stereocenters. The van der Waals surface area contributed by atoms with Gasteiger partial charge in [0.05, 0.1) is 10.1 Å². The highest BCUT2D eigenvalue weighted by Gasteiger charge is 2.08. The Morgan fingerprint density at radius 2 is 2.12 bits per heavy atom. The maximum absolute atomic E-state index is 11.4. The van der Waals surface area contributed by atoms with Gasteiger partial charge in [-0.2, -0.15) is 0 Å². The van der Waals surface area contributed by atoms with E-state index in [2.05, 4.69) is 5.32 Å². The molecule has 1 N–H and O–H groups in total. The Morgan fingerprint density at radius 1 is 1.38 bits per heavy atom. The molecular weight excluding hydrogens is 266 g/mol. The number of hydrogen-bond donors (Lipinski definition) is 1. The summed E-state index contributed by atoms with van der Waals surface area (Å²) in [7, 11) is -2.87. The Hall–Kier alpha value is -0.100. The van der Waals surface area contributed by atoms with Crippen molar-refractivity contribution in [1.29, 1.82) is 0 Å². The molecule has 16 heavy (non-hydrogen) atoms. The monoisotopic (exact) mass is 281 g/mol. The molecule has 0 atom stereocenters. The van der Waals surface area contributed by atoms with Gasteiger partial charge in [0.2, 0.25) is 0 Å². The summed E-state index contributed by atoms with van der Waals surface area (Å²) < 4.78 is 23.5. The summed E-state index contributed by atoms with van der Waals surface area (Å²) in [5, 5.41) is 3.10. The van der Waals surface area contributed by atoms with Crippen molar-refractivity contribution < 1.29 is 8.42 Å². The van der Waals surface area contributed by atoms with Crippen molar-refractivity contribution in [2.75, 3.05) is 18.1 Å². The summed E-state index contributed by atoms with van der Waals surface area (Å²) >= 11 is 7.29. The van der Waals surface area contributed by atoms with E-state index in [9.17, 15) is 8.42 Å². The molecule has 0 aliphatic rings. The molecule has 1 aromatic rings. The van der Waals surface area contributed by atoms with Gasteiger partial charge in [0.1, 0.15) is 0 Å². The van der Waals surface area contributed by atoms with E-state index in [4.69, 9.17) is 11.6 Å². The highest BCUT2D eigenvalue weighted by atomic mass is 35.5. The van der Waals surface area contributed by atoms with Crippen molar-refractivity contribution in [3.05, 3.63) is 21.3 Å². The minimum Gasteiger partial charge on any atom is -0.311 e. The zero-order chi connectivity index (χ0) is 12.0. The molecule has 0 bridgehead atoms. The molecule has 0 saturated carbocycles. The van der Waals surface area contributed by atoms with Crippen molar-refractivity contribution in [1.82, 2.24) is 5.32 Å². The number of thiophene rings is 1. The third-order valence-corrected chi connectivity index (χ3v) is 5.12. The summed E-state index contributed by atoms with van der Waals surface area (Å²) in [6, 6.07) is 3.79. The predicted molar refractivity (Wildman–Crippen MR) is 70.0 cm³/mol. The third-order valence-electron chi connectivity index (χ3n) is 2.03. The van der Waals surface area contributed by atoms with Crippen molar-refractivity contribution in [3.63, 3.8) is 0 Å². The lowest BCUT2D eigenvalue weighted by molar-refractivity contribution is 0.589. The van der Waals surface area contributed by atoms with Gasteiger partial charge in [-0.25, -0.2) is 8.42 Å². The van der Waals surface area contributed by atoms with Gasteiger partial charge in [0.15, 0.2) is 9.84 Å². The molecule has 92 valence electrons. The van der Waals surface area contributed by atoms with Crippen molar-refractivity contribution in [2.24, 2.45) is 0 Å².